The molecule has 1 aromatic rings. The zero-order valence-electron chi connectivity index (χ0n) is 12.4. The largest absolute Gasteiger partial charge is 0.340 e. The van der Waals surface area contributed by atoms with Gasteiger partial charge in [-0.05, 0) is 51.1 Å². The van der Waals surface area contributed by atoms with Crippen molar-refractivity contribution >= 4 is 46.0 Å². The van der Waals surface area contributed by atoms with Crippen molar-refractivity contribution in [2.24, 2.45) is 0 Å². The highest BCUT2D eigenvalue weighted by Crippen LogP contribution is 2.34. The van der Waals surface area contributed by atoms with Crippen LogP contribution in [0.2, 0.25) is 0 Å². The highest BCUT2D eigenvalue weighted by Gasteiger charge is 2.33. The topological polar surface area (TPSA) is 32.3 Å². The molecule has 0 atom stereocenters. The smallest absolute Gasteiger partial charge is 0.238 e. The van der Waals surface area contributed by atoms with Crippen LogP contribution in [-0.4, -0.2) is 41.7 Å². The Labute approximate surface area is 145 Å². The molecule has 1 amide bonds. The van der Waals surface area contributed by atoms with Gasteiger partial charge in [-0.1, -0.05) is 15.9 Å². The minimum atomic E-state index is -0.432. The lowest BCUT2D eigenvalue weighted by Gasteiger charge is -2.30. The van der Waals surface area contributed by atoms with E-state index in [0.717, 1.165) is 42.0 Å². The molecule has 0 saturated carbocycles. The van der Waals surface area contributed by atoms with Crippen molar-refractivity contribution in [1.29, 1.82) is 0 Å². The molecule has 0 unspecified atom stereocenters. The van der Waals surface area contributed by atoms with Crippen molar-refractivity contribution in [3.8, 4) is 0 Å². The van der Waals surface area contributed by atoms with Gasteiger partial charge >= 0.3 is 0 Å². The van der Waals surface area contributed by atoms with Gasteiger partial charge < -0.3 is 10.2 Å². The third-order valence-electron chi connectivity index (χ3n) is 3.33. The number of halogens is 2. The molecule has 2 rings (SSSR count). The Balaban J connectivity index is 0.00000220. The molecule has 0 aromatic heterocycles. The van der Waals surface area contributed by atoms with Crippen molar-refractivity contribution in [3.05, 3.63) is 28.7 Å². The number of nitrogens with one attached hydrogen (secondary N) is 1. The van der Waals surface area contributed by atoms with Crippen LogP contribution in [0.4, 0.5) is 0 Å². The van der Waals surface area contributed by atoms with E-state index in [1.54, 1.807) is 11.8 Å². The third kappa shape index (κ3) is 5.47. The van der Waals surface area contributed by atoms with Crippen molar-refractivity contribution in [2.75, 3.05) is 26.2 Å². The van der Waals surface area contributed by atoms with E-state index < -0.39 is 4.75 Å². The molecule has 1 aliphatic rings. The van der Waals surface area contributed by atoms with Gasteiger partial charge in [0.25, 0.3) is 0 Å². The summed E-state index contributed by atoms with van der Waals surface area (Å²) in [7, 11) is 0. The van der Waals surface area contributed by atoms with Crippen LogP contribution in [0.25, 0.3) is 0 Å². The van der Waals surface area contributed by atoms with Gasteiger partial charge in [0.2, 0.25) is 5.91 Å². The number of carbonyl (C=O) groups is 1. The van der Waals surface area contributed by atoms with E-state index in [2.05, 4.69) is 21.2 Å². The summed E-state index contributed by atoms with van der Waals surface area (Å²) >= 11 is 5.06. The Kier molecular flexibility index (Phi) is 7.54. The van der Waals surface area contributed by atoms with E-state index in [9.17, 15) is 4.79 Å². The summed E-state index contributed by atoms with van der Waals surface area (Å²) < 4.78 is 0.627. The molecule has 21 heavy (non-hydrogen) atoms. The zero-order valence-corrected chi connectivity index (χ0v) is 15.6. The lowest BCUT2D eigenvalue weighted by Crippen LogP contribution is -2.44. The van der Waals surface area contributed by atoms with Crippen molar-refractivity contribution in [1.82, 2.24) is 10.2 Å². The van der Waals surface area contributed by atoms with E-state index in [0.29, 0.717) is 0 Å². The molecule has 1 N–H and O–H groups in total. The summed E-state index contributed by atoms with van der Waals surface area (Å²) in [4.78, 5) is 15.8. The SMILES string of the molecule is CC(C)(Sc1ccc(Br)cc1)C(=O)N1CCCNCC1.Cl. The maximum Gasteiger partial charge on any atom is 0.238 e. The van der Waals surface area contributed by atoms with Crippen LogP contribution in [-0.2, 0) is 4.79 Å². The summed E-state index contributed by atoms with van der Waals surface area (Å²) in [5.41, 5.74) is 0. The first-order valence-corrected chi connectivity index (χ1v) is 8.55. The number of hydrogen-bond acceptors (Lipinski definition) is 3. The van der Waals surface area contributed by atoms with Crippen LogP contribution in [0.1, 0.15) is 20.3 Å². The van der Waals surface area contributed by atoms with E-state index in [-0.39, 0.29) is 18.3 Å². The Morgan fingerprint density at radius 2 is 1.90 bits per heavy atom. The molecule has 0 aliphatic carbocycles. The minimum Gasteiger partial charge on any atom is -0.340 e. The predicted octanol–water partition coefficient (Wildman–Crippen LogP) is 3.56. The van der Waals surface area contributed by atoms with Gasteiger partial charge in [0.15, 0.2) is 0 Å². The molecule has 1 aliphatic heterocycles. The van der Waals surface area contributed by atoms with Gasteiger partial charge in [0.05, 0.1) is 4.75 Å². The standard InChI is InChI=1S/C15H21BrN2OS.ClH/c1-15(2,20-13-6-4-12(16)5-7-13)14(19)18-10-3-8-17-9-11-18;/h4-7,17H,3,8-11H2,1-2H3;1H. The molecule has 1 aromatic carbocycles. The second-order valence-corrected chi connectivity index (χ2v) is 8.07. The third-order valence-corrected chi connectivity index (χ3v) is 5.05. The average Bonchev–Trinajstić information content (AvgIpc) is 2.69. The maximum absolute atomic E-state index is 12.7. The number of rotatable bonds is 3. The summed E-state index contributed by atoms with van der Waals surface area (Å²) in [6.07, 6.45) is 1.03. The number of nitrogens with zero attached hydrogens (tertiary/aromatic N) is 1. The van der Waals surface area contributed by atoms with Crippen molar-refractivity contribution in [3.63, 3.8) is 0 Å². The Morgan fingerprint density at radius 3 is 2.57 bits per heavy atom. The number of amides is 1. The van der Waals surface area contributed by atoms with Gasteiger partial charge in [-0.15, -0.1) is 24.2 Å². The molecule has 0 spiro atoms. The van der Waals surface area contributed by atoms with Crippen LogP contribution in [0.5, 0.6) is 0 Å². The highest BCUT2D eigenvalue weighted by atomic mass is 79.9. The molecule has 1 fully saturated rings. The number of benzene rings is 1. The fraction of sp³-hybridized carbons (Fsp3) is 0.533. The van der Waals surface area contributed by atoms with Gasteiger partial charge in [-0.2, -0.15) is 0 Å². The van der Waals surface area contributed by atoms with Crippen LogP contribution >= 0.6 is 40.1 Å². The molecule has 118 valence electrons. The average molecular weight is 394 g/mol. The normalized spacial score (nSPS) is 16.0. The zero-order chi connectivity index (χ0) is 14.6. The van der Waals surface area contributed by atoms with Gasteiger partial charge in [0, 0.05) is 29.0 Å². The van der Waals surface area contributed by atoms with Gasteiger partial charge in [-0.3, -0.25) is 4.79 Å². The molecule has 0 radical (unpaired) electrons. The molecular weight excluding hydrogens is 372 g/mol. The van der Waals surface area contributed by atoms with Crippen molar-refractivity contribution in [2.45, 2.75) is 29.9 Å². The number of thioether (sulfide) groups is 1. The fourth-order valence-corrected chi connectivity index (χ4v) is 3.61. The molecule has 1 heterocycles. The quantitative estimate of drug-likeness (QED) is 0.797. The number of hydrogen-bond donors (Lipinski definition) is 1. The highest BCUT2D eigenvalue weighted by molar-refractivity contribution is 9.10. The molecule has 0 bridgehead atoms. The summed E-state index contributed by atoms with van der Waals surface area (Å²) in [6.45, 7) is 7.59. The maximum atomic E-state index is 12.7. The van der Waals surface area contributed by atoms with E-state index in [1.807, 2.05) is 43.0 Å². The monoisotopic (exact) mass is 392 g/mol. The van der Waals surface area contributed by atoms with E-state index >= 15 is 0 Å². The van der Waals surface area contributed by atoms with Crippen LogP contribution in [0.15, 0.2) is 33.6 Å². The summed E-state index contributed by atoms with van der Waals surface area (Å²) in [6, 6.07) is 8.12. The van der Waals surface area contributed by atoms with Gasteiger partial charge in [0.1, 0.15) is 0 Å². The van der Waals surface area contributed by atoms with Crippen LogP contribution < -0.4 is 5.32 Å². The minimum absolute atomic E-state index is 0. The first-order chi connectivity index (χ1) is 9.49. The second kappa shape index (κ2) is 8.42. The van der Waals surface area contributed by atoms with Gasteiger partial charge in [-0.25, -0.2) is 0 Å². The van der Waals surface area contributed by atoms with Crippen LogP contribution in [0.3, 0.4) is 0 Å². The van der Waals surface area contributed by atoms with Crippen molar-refractivity contribution < 1.29 is 4.79 Å². The summed E-state index contributed by atoms with van der Waals surface area (Å²) in [5, 5.41) is 3.33. The fourth-order valence-electron chi connectivity index (χ4n) is 2.27. The van der Waals surface area contributed by atoms with Crippen LogP contribution in [0, 0.1) is 0 Å². The molecular formula is C15H22BrClN2OS. The second-order valence-electron chi connectivity index (χ2n) is 5.46. The molecule has 1 saturated heterocycles. The molecule has 6 heteroatoms. The Morgan fingerprint density at radius 1 is 1.24 bits per heavy atom. The number of carbonyl (C=O) groups excluding carboxylic acids is 1. The molecule has 3 nitrogen and oxygen atoms in total. The van der Waals surface area contributed by atoms with E-state index in [4.69, 9.17) is 0 Å². The van der Waals surface area contributed by atoms with E-state index in [1.165, 1.54) is 0 Å². The summed E-state index contributed by atoms with van der Waals surface area (Å²) in [5.74, 6) is 0.231. The lowest BCUT2D eigenvalue weighted by atomic mass is 10.1. The lowest BCUT2D eigenvalue weighted by molar-refractivity contribution is -0.132. The Hall–Kier alpha value is -0.230. The Bertz CT molecular complexity index is 459. The first-order valence-electron chi connectivity index (χ1n) is 6.94. The first kappa shape index (κ1) is 18.8. The predicted molar refractivity (Wildman–Crippen MR) is 95.4 cm³/mol.